The highest BCUT2D eigenvalue weighted by molar-refractivity contribution is 5.40. The molecular weight excluding hydrogens is 250 g/mol. The van der Waals surface area contributed by atoms with Crippen LogP contribution in [0, 0.1) is 13.8 Å². The van der Waals surface area contributed by atoms with Gasteiger partial charge in [-0.3, -0.25) is 4.68 Å². The van der Waals surface area contributed by atoms with Gasteiger partial charge in [-0.2, -0.15) is 5.10 Å². The van der Waals surface area contributed by atoms with Crippen molar-refractivity contribution in [3.05, 3.63) is 46.3 Å². The number of nitrogens with zero attached hydrogens (tertiary/aromatic N) is 2. The van der Waals surface area contributed by atoms with E-state index >= 15 is 0 Å². The largest absolute Gasteiger partial charge is 0.508 e. The molecule has 0 saturated heterocycles. The van der Waals surface area contributed by atoms with Gasteiger partial charge < -0.3 is 10.4 Å². The van der Waals surface area contributed by atoms with Crippen molar-refractivity contribution in [2.75, 3.05) is 0 Å². The van der Waals surface area contributed by atoms with Crippen LogP contribution in [0.2, 0.25) is 0 Å². The maximum Gasteiger partial charge on any atom is 0.115 e. The predicted octanol–water partition coefficient (Wildman–Crippen LogP) is 2.52. The number of phenols is 1. The molecule has 4 heteroatoms. The molecule has 2 N–H and O–H groups in total. The Morgan fingerprint density at radius 2 is 2.20 bits per heavy atom. The topological polar surface area (TPSA) is 50.1 Å². The Labute approximate surface area is 119 Å². The van der Waals surface area contributed by atoms with Gasteiger partial charge in [-0.05, 0) is 49.9 Å². The lowest BCUT2D eigenvalue weighted by atomic mass is 10.1. The van der Waals surface area contributed by atoms with Gasteiger partial charge >= 0.3 is 0 Å². The van der Waals surface area contributed by atoms with E-state index in [0.717, 1.165) is 25.1 Å². The molecule has 1 atom stereocenters. The molecular formula is C16H21N3O. The summed E-state index contributed by atoms with van der Waals surface area (Å²) in [6, 6.07) is 6.08. The summed E-state index contributed by atoms with van der Waals surface area (Å²) >= 11 is 0. The van der Waals surface area contributed by atoms with E-state index in [4.69, 9.17) is 0 Å². The van der Waals surface area contributed by atoms with Gasteiger partial charge in [0.1, 0.15) is 5.75 Å². The molecule has 0 radical (unpaired) electrons. The number of hydrogen-bond donors (Lipinski definition) is 2. The highest BCUT2D eigenvalue weighted by Crippen LogP contribution is 2.33. The Morgan fingerprint density at radius 3 is 2.90 bits per heavy atom. The number of phenolic OH excluding ortho intramolecular Hbond substituents is 1. The summed E-state index contributed by atoms with van der Waals surface area (Å²) in [6.07, 6.45) is 2.13. The van der Waals surface area contributed by atoms with Crippen LogP contribution in [0.5, 0.6) is 5.75 Å². The van der Waals surface area contributed by atoms with Crippen LogP contribution >= 0.6 is 0 Å². The molecule has 0 fully saturated rings. The summed E-state index contributed by atoms with van der Waals surface area (Å²) in [6.45, 7) is 5.01. The molecule has 1 aromatic heterocycles. The molecule has 106 valence electrons. The zero-order valence-corrected chi connectivity index (χ0v) is 12.3. The Balaban J connectivity index is 1.75. The maximum atomic E-state index is 9.53. The maximum absolute atomic E-state index is 9.53. The van der Waals surface area contributed by atoms with Crippen molar-refractivity contribution in [2.24, 2.45) is 7.05 Å². The SMILES string of the molecule is Cc1nn(C)c(C)c1CNC1CCc2cc(O)ccc21. The molecule has 1 aliphatic carbocycles. The van der Waals surface area contributed by atoms with Gasteiger partial charge in [-0.15, -0.1) is 0 Å². The molecule has 0 bridgehead atoms. The average Bonchev–Trinajstić information content (AvgIpc) is 2.90. The van der Waals surface area contributed by atoms with E-state index in [1.807, 2.05) is 23.9 Å². The summed E-state index contributed by atoms with van der Waals surface area (Å²) < 4.78 is 1.94. The molecule has 0 spiro atoms. The van der Waals surface area contributed by atoms with Gasteiger partial charge in [-0.1, -0.05) is 6.07 Å². The number of aromatic hydroxyl groups is 1. The normalized spacial score (nSPS) is 17.4. The van der Waals surface area contributed by atoms with Gasteiger partial charge in [0.05, 0.1) is 5.69 Å². The smallest absolute Gasteiger partial charge is 0.115 e. The fraction of sp³-hybridized carbons (Fsp3) is 0.438. The fourth-order valence-electron chi connectivity index (χ4n) is 3.11. The van der Waals surface area contributed by atoms with Crippen LogP contribution in [0.25, 0.3) is 0 Å². The summed E-state index contributed by atoms with van der Waals surface area (Å²) in [5.74, 6) is 0.364. The van der Waals surface area contributed by atoms with Crippen molar-refractivity contribution >= 4 is 0 Å². The quantitative estimate of drug-likeness (QED) is 0.902. The van der Waals surface area contributed by atoms with Gasteiger partial charge in [0.25, 0.3) is 0 Å². The molecule has 1 aliphatic rings. The van der Waals surface area contributed by atoms with Crippen molar-refractivity contribution in [3.63, 3.8) is 0 Å². The minimum atomic E-state index is 0.364. The van der Waals surface area contributed by atoms with Gasteiger partial charge in [0.2, 0.25) is 0 Å². The lowest BCUT2D eigenvalue weighted by molar-refractivity contribution is 0.474. The van der Waals surface area contributed by atoms with Crippen LogP contribution in [0.15, 0.2) is 18.2 Å². The van der Waals surface area contributed by atoms with Crippen molar-refractivity contribution in [1.82, 2.24) is 15.1 Å². The lowest BCUT2D eigenvalue weighted by Crippen LogP contribution is -2.19. The number of hydrogen-bond acceptors (Lipinski definition) is 3. The molecule has 1 unspecified atom stereocenters. The van der Waals surface area contributed by atoms with Gasteiger partial charge in [-0.25, -0.2) is 0 Å². The number of nitrogens with one attached hydrogen (secondary N) is 1. The Hall–Kier alpha value is -1.81. The van der Waals surface area contributed by atoms with E-state index in [2.05, 4.69) is 24.3 Å². The van der Waals surface area contributed by atoms with E-state index in [0.29, 0.717) is 11.8 Å². The molecule has 1 heterocycles. The summed E-state index contributed by atoms with van der Waals surface area (Å²) in [4.78, 5) is 0. The van der Waals surface area contributed by atoms with Crippen LogP contribution in [-0.4, -0.2) is 14.9 Å². The van der Waals surface area contributed by atoms with E-state index in [9.17, 15) is 5.11 Å². The Bertz CT molecular complexity index is 645. The predicted molar refractivity (Wildman–Crippen MR) is 78.7 cm³/mol. The molecule has 4 nitrogen and oxygen atoms in total. The van der Waals surface area contributed by atoms with E-state index in [1.165, 1.54) is 22.4 Å². The first kappa shape index (κ1) is 13.2. The highest BCUT2D eigenvalue weighted by Gasteiger charge is 2.22. The number of rotatable bonds is 3. The molecule has 3 rings (SSSR count). The molecule has 20 heavy (non-hydrogen) atoms. The van der Waals surface area contributed by atoms with E-state index < -0.39 is 0 Å². The number of aromatic nitrogens is 2. The number of aryl methyl sites for hydroxylation is 3. The van der Waals surface area contributed by atoms with Crippen LogP contribution < -0.4 is 5.32 Å². The molecule has 0 saturated carbocycles. The lowest BCUT2D eigenvalue weighted by Gasteiger charge is -2.14. The molecule has 1 aromatic carbocycles. The Kier molecular flexibility index (Phi) is 3.26. The van der Waals surface area contributed by atoms with Crippen LogP contribution in [0.4, 0.5) is 0 Å². The van der Waals surface area contributed by atoms with Gasteiger partial charge in [0, 0.05) is 30.9 Å². The highest BCUT2D eigenvalue weighted by atomic mass is 16.3. The minimum Gasteiger partial charge on any atom is -0.508 e. The fourth-order valence-corrected chi connectivity index (χ4v) is 3.11. The average molecular weight is 271 g/mol. The summed E-state index contributed by atoms with van der Waals surface area (Å²) in [7, 11) is 1.99. The third-order valence-corrected chi connectivity index (χ3v) is 4.39. The second kappa shape index (κ2) is 4.94. The third-order valence-electron chi connectivity index (χ3n) is 4.39. The number of benzene rings is 1. The molecule has 2 aromatic rings. The third kappa shape index (κ3) is 2.20. The minimum absolute atomic E-state index is 0.364. The van der Waals surface area contributed by atoms with Crippen LogP contribution in [-0.2, 0) is 20.0 Å². The second-order valence-electron chi connectivity index (χ2n) is 5.63. The van der Waals surface area contributed by atoms with Gasteiger partial charge in [0.15, 0.2) is 0 Å². The van der Waals surface area contributed by atoms with E-state index in [1.54, 1.807) is 6.07 Å². The van der Waals surface area contributed by atoms with Crippen molar-refractivity contribution in [1.29, 1.82) is 0 Å². The first-order valence-corrected chi connectivity index (χ1v) is 7.10. The number of fused-ring (bicyclic) bond motifs is 1. The zero-order chi connectivity index (χ0) is 14.3. The van der Waals surface area contributed by atoms with Crippen molar-refractivity contribution < 1.29 is 5.11 Å². The van der Waals surface area contributed by atoms with Crippen molar-refractivity contribution in [2.45, 2.75) is 39.3 Å². The standard InChI is InChI=1S/C16H21N3O/c1-10-15(11(2)19(3)18-10)9-17-16-7-4-12-8-13(20)5-6-14(12)16/h5-6,8,16-17,20H,4,7,9H2,1-3H3. The first-order valence-electron chi connectivity index (χ1n) is 7.10. The zero-order valence-electron chi connectivity index (χ0n) is 12.3. The summed E-state index contributed by atoms with van der Waals surface area (Å²) in [5, 5.41) is 17.6. The summed E-state index contributed by atoms with van der Waals surface area (Å²) in [5.41, 5.74) is 6.20. The first-order chi connectivity index (χ1) is 9.56. The second-order valence-corrected chi connectivity index (χ2v) is 5.63. The van der Waals surface area contributed by atoms with Crippen molar-refractivity contribution in [3.8, 4) is 5.75 Å². The van der Waals surface area contributed by atoms with Crippen LogP contribution in [0.1, 0.15) is 40.5 Å². The molecule has 0 amide bonds. The van der Waals surface area contributed by atoms with Crippen LogP contribution in [0.3, 0.4) is 0 Å². The monoisotopic (exact) mass is 271 g/mol. The van der Waals surface area contributed by atoms with E-state index in [-0.39, 0.29) is 0 Å². The molecule has 0 aliphatic heterocycles. The Morgan fingerprint density at radius 1 is 1.40 bits per heavy atom.